The third kappa shape index (κ3) is 4.46. The fourth-order valence-electron chi connectivity index (χ4n) is 0.710. The Morgan fingerprint density at radius 1 is 1.67 bits per heavy atom. The molecule has 0 heterocycles. The molecule has 3 N–H and O–H groups in total. The van der Waals surface area contributed by atoms with E-state index in [0.717, 1.165) is 0 Å². The number of amides is 1. The van der Waals surface area contributed by atoms with Crippen molar-refractivity contribution in [2.45, 2.75) is 18.6 Å². The van der Waals surface area contributed by atoms with Crippen molar-refractivity contribution in [1.82, 2.24) is 5.32 Å². The summed E-state index contributed by atoms with van der Waals surface area (Å²) in [6.07, 6.45) is 0.698. The molecule has 72 valence electrons. The van der Waals surface area contributed by atoms with Gasteiger partial charge in [-0.05, 0) is 13.0 Å². The van der Waals surface area contributed by atoms with Crippen LogP contribution in [-0.4, -0.2) is 34.7 Å². The fraction of sp³-hybridized carbons (Fsp3) is 0.857. The third-order valence-electron chi connectivity index (χ3n) is 1.57. The number of carbonyl (C=O) groups excluding carboxylic acids is 1. The van der Waals surface area contributed by atoms with Gasteiger partial charge in [0.15, 0.2) is 0 Å². The topological polar surface area (TPSA) is 72.2 Å². The van der Waals surface area contributed by atoms with E-state index >= 15 is 0 Å². The van der Waals surface area contributed by atoms with E-state index in [9.17, 15) is 9.00 Å². The summed E-state index contributed by atoms with van der Waals surface area (Å²) >= 11 is 0. The van der Waals surface area contributed by atoms with Crippen LogP contribution in [0, 0.1) is 0 Å². The van der Waals surface area contributed by atoms with E-state index in [1.807, 2.05) is 6.92 Å². The van der Waals surface area contributed by atoms with Crippen molar-refractivity contribution < 1.29 is 9.00 Å². The standard InChI is InChI=1S/C7H16N2O2S/c1-6(3-4-8)12(11)5-7(10)9-2/h6H,3-5,8H2,1-2H3,(H,9,10). The van der Waals surface area contributed by atoms with Crippen LogP contribution >= 0.6 is 0 Å². The molecule has 0 aliphatic rings. The number of hydrogen-bond acceptors (Lipinski definition) is 3. The molecule has 5 heteroatoms. The smallest absolute Gasteiger partial charge is 0.232 e. The summed E-state index contributed by atoms with van der Waals surface area (Å²) in [5.41, 5.74) is 5.30. The van der Waals surface area contributed by atoms with E-state index in [0.29, 0.717) is 13.0 Å². The second-order valence-corrected chi connectivity index (χ2v) is 4.44. The minimum atomic E-state index is -1.09. The van der Waals surface area contributed by atoms with Crippen LogP contribution in [0.3, 0.4) is 0 Å². The lowest BCUT2D eigenvalue weighted by atomic mass is 10.3. The molecule has 0 saturated carbocycles. The van der Waals surface area contributed by atoms with Gasteiger partial charge in [0, 0.05) is 23.1 Å². The van der Waals surface area contributed by atoms with Gasteiger partial charge in [-0.3, -0.25) is 9.00 Å². The molecule has 0 rings (SSSR count). The summed E-state index contributed by atoms with van der Waals surface area (Å²) in [4.78, 5) is 10.8. The number of carbonyl (C=O) groups is 1. The molecule has 0 spiro atoms. The van der Waals surface area contributed by atoms with E-state index < -0.39 is 10.8 Å². The quantitative estimate of drug-likeness (QED) is 0.600. The Bertz CT molecular complexity index is 173. The van der Waals surface area contributed by atoms with Crippen molar-refractivity contribution in [3.8, 4) is 0 Å². The zero-order valence-corrected chi connectivity index (χ0v) is 8.32. The zero-order chi connectivity index (χ0) is 9.56. The lowest BCUT2D eigenvalue weighted by Gasteiger charge is -2.08. The number of hydrogen-bond donors (Lipinski definition) is 2. The van der Waals surface area contributed by atoms with Crippen LogP contribution < -0.4 is 11.1 Å². The van der Waals surface area contributed by atoms with Crippen LogP contribution in [0.1, 0.15) is 13.3 Å². The molecule has 1 amide bonds. The highest BCUT2D eigenvalue weighted by atomic mass is 32.2. The Kier molecular flexibility index (Phi) is 5.92. The Labute approximate surface area is 75.4 Å². The summed E-state index contributed by atoms with van der Waals surface area (Å²) in [6.45, 7) is 2.35. The second kappa shape index (κ2) is 6.14. The van der Waals surface area contributed by atoms with Gasteiger partial charge in [0.25, 0.3) is 0 Å². The van der Waals surface area contributed by atoms with E-state index in [2.05, 4.69) is 5.32 Å². The number of rotatable bonds is 5. The van der Waals surface area contributed by atoms with Crippen molar-refractivity contribution in [2.24, 2.45) is 5.73 Å². The first kappa shape index (κ1) is 11.6. The van der Waals surface area contributed by atoms with Crippen LogP contribution in [0.15, 0.2) is 0 Å². The summed E-state index contributed by atoms with van der Waals surface area (Å²) in [5, 5.41) is 2.44. The monoisotopic (exact) mass is 192 g/mol. The zero-order valence-electron chi connectivity index (χ0n) is 7.50. The van der Waals surface area contributed by atoms with E-state index in [4.69, 9.17) is 5.73 Å². The van der Waals surface area contributed by atoms with Gasteiger partial charge in [0.2, 0.25) is 5.91 Å². The Morgan fingerprint density at radius 2 is 2.25 bits per heavy atom. The molecular formula is C7H16N2O2S. The predicted octanol–water partition coefficient (Wildman–Crippen LogP) is -0.782. The highest BCUT2D eigenvalue weighted by Gasteiger charge is 2.12. The van der Waals surface area contributed by atoms with Gasteiger partial charge in [0.1, 0.15) is 5.75 Å². The molecule has 4 nitrogen and oxygen atoms in total. The summed E-state index contributed by atoms with van der Waals surface area (Å²) in [5.74, 6) is -0.102. The van der Waals surface area contributed by atoms with Crippen LogP contribution in [0.4, 0.5) is 0 Å². The maximum atomic E-state index is 11.3. The highest BCUT2D eigenvalue weighted by Crippen LogP contribution is 1.99. The molecule has 2 unspecified atom stereocenters. The molecule has 0 aromatic rings. The molecule has 0 aliphatic carbocycles. The van der Waals surface area contributed by atoms with E-state index in [1.165, 1.54) is 7.05 Å². The molecule has 2 atom stereocenters. The van der Waals surface area contributed by atoms with Crippen LogP contribution in [-0.2, 0) is 15.6 Å². The third-order valence-corrected chi connectivity index (χ3v) is 3.25. The van der Waals surface area contributed by atoms with Crippen molar-refractivity contribution in [3.63, 3.8) is 0 Å². The largest absolute Gasteiger partial charge is 0.358 e. The van der Waals surface area contributed by atoms with Gasteiger partial charge in [-0.1, -0.05) is 6.92 Å². The molecule has 0 bridgehead atoms. The number of nitrogens with one attached hydrogen (secondary N) is 1. The van der Waals surface area contributed by atoms with Crippen LogP contribution in [0.5, 0.6) is 0 Å². The predicted molar refractivity (Wildman–Crippen MR) is 50.2 cm³/mol. The Balaban J connectivity index is 3.78. The molecule has 0 radical (unpaired) electrons. The summed E-state index contributed by atoms with van der Waals surface area (Å²) in [7, 11) is 0.448. The molecule has 0 aliphatic heterocycles. The lowest BCUT2D eigenvalue weighted by Crippen LogP contribution is -2.28. The van der Waals surface area contributed by atoms with Gasteiger partial charge in [0.05, 0.1) is 0 Å². The molecule has 0 fully saturated rings. The maximum Gasteiger partial charge on any atom is 0.232 e. The van der Waals surface area contributed by atoms with Crippen molar-refractivity contribution in [3.05, 3.63) is 0 Å². The first-order valence-corrected chi connectivity index (χ1v) is 5.27. The highest BCUT2D eigenvalue weighted by molar-refractivity contribution is 7.86. The van der Waals surface area contributed by atoms with E-state index in [-0.39, 0.29) is 16.9 Å². The van der Waals surface area contributed by atoms with Gasteiger partial charge in [-0.15, -0.1) is 0 Å². The molecule has 0 saturated heterocycles. The first-order chi connectivity index (χ1) is 5.61. The Morgan fingerprint density at radius 3 is 2.67 bits per heavy atom. The van der Waals surface area contributed by atoms with Gasteiger partial charge < -0.3 is 11.1 Å². The molecule has 0 aromatic heterocycles. The fourth-order valence-corrected chi connectivity index (χ4v) is 1.80. The van der Waals surface area contributed by atoms with E-state index in [1.54, 1.807) is 0 Å². The molecule has 12 heavy (non-hydrogen) atoms. The van der Waals surface area contributed by atoms with Crippen molar-refractivity contribution >= 4 is 16.7 Å². The molecular weight excluding hydrogens is 176 g/mol. The first-order valence-electron chi connectivity index (χ1n) is 3.89. The molecule has 0 aromatic carbocycles. The number of nitrogens with two attached hydrogens (primary N) is 1. The van der Waals surface area contributed by atoms with Crippen LogP contribution in [0.25, 0.3) is 0 Å². The Hall–Kier alpha value is -0.420. The van der Waals surface area contributed by atoms with Gasteiger partial charge >= 0.3 is 0 Å². The van der Waals surface area contributed by atoms with Crippen molar-refractivity contribution in [2.75, 3.05) is 19.3 Å². The normalized spacial score (nSPS) is 15.2. The average molecular weight is 192 g/mol. The summed E-state index contributed by atoms with van der Waals surface area (Å²) in [6, 6.07) is 0. The lowest BCUT2D eigenvalue weighted by molar-refractivity contribution is -0.118. The summed E-state index contributed by atoms with van der Waals surface area (Å²) < 4.78 is 11.3. The minimum absolute atomic E-state index is 0.00676. The van der Waals surface area contributed by atoms with Crippen LogP contribution in [0.2, 0.25) is 0 Å². The van der Waals surface area contributed by atoms with Gasteiger partial charge in [-0.2, -0.15) is 0 Å². The maximum absolute atomic E-state index is 11.3. The SMILES string of the molecule is CNC(=O)CS(=O)C(C)CCN. The average Bonchev–Trinajstić information content (AvgIpc) is 2.04. The second-order valence-electron chi connectivity index (χ2n) is 2.59. The minimum Gasteiger partial charge on any atom is -0.358 e. The van der Waals surface area contributed by atoms with Gasteiger partial charge in [-0.25, -0.2) is 0 Å². The van der Waals surface area contributed by atoms with Crippen molar-refractivity contribution in [1.29, 1.82) is 0 Å².